The van der Waals surface area contributed by atoms with Gasteiger partial charge in [-0.15, -0.1) is 0 Å². The first kappa shape index (κ1) is 127. The standard InChI is InChI=1S/C10H16.2C10H8.C8H10O2.C7H10O3S.C7H12.6C4H8O5S.6C2H6/c1-7-2-9-4-8(1)5-10(3-7)6-9;2*1-2-6-10-8-4-3-7-9(10)5-1;9-8-6-2-4-1-5(6)7(3-4)10-8;8-11(9)7-3-4-1-5(7)6(2-4)10-11;1-2-7-4-3-6(1)5-7;1-4(5)9-2-3-10(6,7)8;5*1-2-9-4(5)3-10(6,7)8;6*1-2/h7-10H,1-6H2;2*1-8H;4-7H,1-3H2;4-7H,1-3H2;6-7H,1-5H2;6*2-3H2,1H3,(H,6,7,8);6*1-2H3/p-6. The first-order chi connectivity index (χ1) is 61.0. The third kappa shape index (κ3) is 58.3. The molecule has 0 amide bonds. The van der Waals surface area contributed by atoms with Gasteiger partial charge in [0.2, 0.25) is 0 Å². The van der Waals surface area contributed by atoms with E-state index in [2.05, 4.69) is 125 Å². The molecule has 0 spiro atoms. The number of hydrogen-bond acceptors (Lipinski definition) is 35. The van der Waals surface area contributed by atoms with Crippen LogP contribution in [0.3, 0.4) is 0 Å². The van der Waals surface area contributed by atoms with Crippen molar-refractivity contribution < 1.29 is 157 Å². The molecule has 2 heterocycles. The van der Waals surface area contributed by atoms with Gasteiger partial charge in [0.15, 0.2) is 0 Å². The predicted octanol–water partition coefficient (Wildman–Crippen LogP) is 12.9. The number of esters is 7. The Morgan fingerprint density at radius 1 is 0.331 bits per heavy atom. The molecule has 16 rings (SSSR count). The zero-order chi connectivity index (χ0) is 100. The molecular formula is C88H142O35S7-6. The summed E-state index contributed by atoms with van der Waals surface area (Å²) in [7, 11) is -29.7. The molecule has 10 bridgehead atoms. The molecular weight excluding hydrogens is 1840 g/mol. The molecule has 0 aromatic heterocycles. The molecule has 8 unspecified atom stereocenters. The predicted molar refractivity (Wildman–Crippen MR) is 488 cm³/mol. The minimum atomic E-state index is -4.47. The lowest BCUT2D eigenvalue weighted by molar-refractivity contribution is -0.144. The molecule has 130 heavy (non-hydrogen) atoms. The van der Waals surface area contributed by atoms with E-state index in [-0.39, 0.29) is 57.0 Å². The molecule has 0 N–H and O–H groups in total. The van der Waals surface area contributed by atoms with Gasteiger partial charge >= 0.3 is 41.8 Å². The van der Waals surface area contributed by atoms with E-state index in [4.69, 9.17) is 8.92 Å². The second kappa shape index (κ2) is 67.3. The van der Waals surface area contributed by atoms with Crippen LogP contribution >= 0.6 is 0 Å². The third-order valence-corrected chi connectivity index (χ3v) is 25.6. The summed E-state index contributed by atoms with van der Waals surface area (Å²) in [5.41, 5.74) is 0. The zero-order valence-electron chi connectivity index (χ0n) is 78.5. The monoisotopic (exact) mass is 1980 g/mol. The molecule has 12 fully saturated rings. The number of benzene rings is 4. The summed E-state index contributed by atoms with van der Waals surface area (Å²) in [6.45, 7) is 32.8. The maximum absolute atomic E-state index is 11.3. The molecule has 42 heteroatoms. The Morgan fingerprint density at radius 3 is 0.754 bits per heavy atom. The summed E-state index contributed by atoms with van der Waals surface area (Å²) in [6.07, 6.45) is 24.3. The summed E-state index contributed by atoms with van der Waals surface area (Å²) in [6, 6.07) is 33.4. The maximum Gasteiger partial charge on any atom is 0.319 e. The van der Waals surface area contributed by atoms with Gasteiger partial charge < -0.3 is 60.5 Å². The van der Waals surface area contributed by atoms with Gasteiger partial charge in [0, 0.05) is 18.8 Å². The molecule has 2 saturated heterocycles. The fraction of sp³-hybridized carbons (Fsp3) is 0.693. The second-order valence-corrected chi connectivity index (χ2v) is 39.9. The quantitative estimate of drug-likeness (QED) is 0.0386. The lowest BCUT2D eigenvalue weighted by Crippen LogP contribution is -2.38. The minimum Gasteiger partial charge on any atom is -0.748 e. The van der Waals surface area contributed by atoms with E-state index in [0.717, 1.165) is 44.9 Å². The van der Waals surface area contributed by atoms with Gasteiger partial charge in [-0.2, -0.15) is 8.42 Å². The van der Waals surface area contributed by atoms with Crippen LogP contribution in [-0.2, 0) is 142 Å². The van der Waals surface area contributed by atoms with E-state index in [9.17, 15) is 120 Å². The van der Waals surface area contributed by atoms with Gasteiger partial charge in [-0.1, -0.05) is 206 Å². The van der Waals surface area contributed by atoms with Crippen molar-refractivity contribution in [3.05, 3.63) is 97.1 Å². The SMILES string of the molecule is C1C2CC3CC1CC(C2)C3.C1CC2CCC1C2.CC.CC.CC.CC.CC.CC.CC(=O)OCCS(=O)(=O)[O-].CCOC(=O)CS(=O)(=O)[O-].CCOC(=O)CS(=O)(=O)[O-].CCOC(=O)CS(=O)(=O)[O-].CCOC(=O)CS(=O)(=O)[O-].CCOC(=O)CS(=O)(=O)[O-].O=C1OC2CC3CC1C2C3.O=S1(=O)OC2CC3CC2C1C3.c1ccc2ccccc2c1.c1ccc2ccccc2c1. The Bertz CT molecular complexity index is 4200. The van der Waals surface area contributed by atoms with Gasteiger partial charge in [0.25, 0.3) is 10.1 Å². The number of rotatable bonds is 18. The molecule has 0 radical (unpaired) electrons. The molecule has 2 aliphatic heterocycles. The van der Waals surface area contributed by atoms with Crippen LogP contribution < -0.4 is 0 Å². The molecule has 10 saturated carbocycles. The van der Waals surface area contributed by atoms with Gasteiger partial charge in [0.05, 0.1) is 66.2 Å². The van der Waals surface area contributed by atoms with Crippen molar-refractivity contribution in [2.75, 3.05) is 74.2 Å². The Balaban J connectivity index is -0.00000134. The van der Waals surface area contributed by atoms with E-state index in [1.54, 1.807) is 70.6 Å². The molecule has 12 aliphatic rings. The third-order valence-electron chi connectivity index (χ3n) is 20.2. The Morgan fingerprint density at radius 2 is 0.569 bits per heavy atom. The van der Waals surface area contributed by atoms with Crippen LogP contribution in [0.2, 0.25) is 0 Å². The van der Waals surface area contributed by atoms with Crippen LogP contribution in [0, 0.1) is 65.1 Å². The number of fused-ring (bicyclic) bond motifs is 6. The number of hydrogen-bond donors (Lipinski definition) is 0. The van der Waals surface area contributed by atoms with Crippen molar-refractivity contribution in [1.82, 2.24) is 0 Å². The van der Waals surface area contributed by atoms with Crippen LogP contribution in [0.25, 0.3) is 21.5 Å². The number of ether oxygens (including phenoxy) is 7. The molecule has 4 aromatic carbocycles. The average Bonchev–Trinajstić information content (AvgIpc) is 1.58. The van der Waals surface area contributed by atoms with Crippen molar-refractivity contribution in [3.8, 4) is 0 Å². The summed E-state index contributed by atoms with van der Waals surface area (Å²) in [5, 5.41) is 5.11. The number of carbonyl (C=O) groups excluding carboxylic acids is 7. The lowest BCUT2D eigenvalue weighted by atomic mass is 9.56. The first-order valence-electron chi connectivity index (χ1n) is 44.5. The van der Waals surface area contributed by atoms with Gasteiger partial charge in [-0.25, -0.2) is 50.5 Å². The largest absolute Gasteiger partial charge is 0.748 e. The van der Waals surface area contributed by atoms with Crippen molar-refractivity contribution >= 4 is 134 Å². The van der Waals surface area contributed by atoms with Gasteiger partial charge in [0.1, 0.15) is 92.1 Å². The normalized spacial score (nSPS) is 23.0. The van der Waals surface area contributed by atoms with Crippen molar-refractivity contribution in [1.29, 1.82) is 0 Å². The van der Waals surface area contributed by atoms with Crippen molar-refractivity contribution in [2.45, 2.75) is 251 Å². The fourth-order valence-corrected chi connectivity index (χ4v) is 20.4. The van der Waals surface area contributed by atoms with E-state index >= 15 is 0 Å². The Hall–Kier alpha value is -6.94. The number of carbonyl (C=O) groups is 7. The van der Waals surface area contributed by atoms with E-state index < -0.39 is 141 Å². The summed E-state index contributed by atoms with van der Waals surface area (Å²) in [4.78, 5) is 72.4. The van der Waals surface area contributed by atoms with Crippen LogP contribution in [0.5, 0.6) is 0 Å². The highest BCUT2D eigenvalue weighted by molar-refractivity contribution is 7.88. The highest BCUT2D eigenvalue weighted by Gasteiger charge is 2.59. The van der Waals surface area contributed by atoms with Crippen LogP contribution in [0.1, 0.15) is 234 Å². The zero-order valence-corrected chi connectivity index (χ0v) is 84.2. The van der Waals surface area contributed by atoms with Crippen molar-refractivity contribution in [3.63, 3.8) is 0 Å². The molecule has 8 atom stereocenters. The summed E-state index contributed by atoms with van der Waals surface area (Å²) >= 11 is 0. The Labute approximate surface area is 773 Å². The average molecular weight is 1980 g/mol. The highest BCUT2D eigenvalue weighted by Crippen LogP contribution is 2.56. The molecule has 4 aromatic rings. The minimum absolute atomic E-state index is 0.0590. The summed E-state index contributed by atoms with van der Waals surface area (Å²) < 4.78 is 235. The van der Waals surface area contributed by atoms with Crippen LogP contribution in [-0.4, -0.2) is 220 Å². The fourth-order valence-electron chi connectivity index (χ4n) is 16.3. The van der Waals surface area contributed by atoms with E-state index in [1.807, 2.05) is 83.1 Å². The maximum atomic E-state index is 11.3. The second-order valence-electron chi connectivity index (χ2n) is 29.6. The molecule has 35 nitrogen and oxygen atoms in total. The smallest absolute Gasteiger partial charge is 0.319 e. The van der Waals surface area contributed by atoms with E-state index in [0.29, 0.717) is 29.8 Å². The van der Waals surface area contributed by atoms with E-state index in [1.165, 1.54) is 98.1 Å². The van der Waals surface area contributed by atoms with Gasteiger partial charge in [-0.3, -0.25) is 37.7 Å². The highest BCUT2D eigenvalue weighted by atomic mass is 32.2. The Kier molecular flexibility index (Phi) is 65.8. The molecule has 10 aliphatic carbocycles. The van der Waals surface area contributed by atoms with Crippen LogP contribution in [0.15, 0.2) is 97.1 Å². The summed E-state index contributed by atoms with van der Waals surface area (Å²) in [5.74, 6) is -1.78. The lowest BCUT2D eigenvalue weighted by Gasteiger charge is -2.49. The van der Waals surface area contributed by atoms with Crippen molar-refractivity contribution in [2.24, 2.45) is 65.1 Å². The van der Waals surface area contributed by atoms with Crippen LogP contribution in [0.4, 0.5) is 0 Å². The first-order valence-corrected chi connectivity index (χ1v) is 55.4. The van der Waals surface area contributed by atoms with Gasteiger partial charge in [-0.05, 0) is 187 Å². The topological polar surface area (TPSA) is 571 Å². The molecule has 752 valence electrons.